The van der Waals surface area contributed by atoms with Crippen molar-refractivity contribution in [2.24, 2.45) is 8.76 Å². The van der Waals surface area contributed by atoms with E-state index in [1.54, 1.807) is 60.7 Å². The van der Waals surface area contributed by atoms with E-state index in [0.717, 1.165) is 59.3 Å². The van der Waals surface area contributed by atoms with Crippen LogP contribution >= 0.6 is 0 Å². The van der Waals surface area contributed by atoms with E-state index < -0.39 is 49.4 Å². The summed E-state index contributed by atoms with van der Waals surface area (Å²) in [7, 11) is -8.93. The molecule has 1 aliphatic carbocycles. The predicted molar refractivity (Wildman–Crippen MR) is 187 cm³/mol. The fourth-order valence-electron chi connectivity index (χ4n) is 6.00. The van der Waals surface area contributed by atoms with Gasteiger partial charge < -0.3 is 0 Å². The molecule has 14 heteroatoms. The summed E-state index contributed by atoms with van der Waals surface area (Å²) in [5.41, 5.74) is -2.71. The van der Waals surface area contributed by atoms with Crippen LogP contribution in [0.5, 0.6) is 0 Å². The number of sulfonamides is 1. The minimum atomic E-state index is -4.71. The van der Waals surface area contributed by atoms with Crippen molar-refractivity contribution in [1.82, 2.24) is 0 Å². The van der Waals surface area contributed by atoms with Crippen molar-refractivity contribution < 1.29 is 43.5 Å². The molecular formula is C38H24F6N2O4S2. The normalized spacial score (nSPS) is 17.3. The van der Waals surface area contributed by atoms with Gasteiger partial charge in [0.25, 0.3) is 10.0 Å². The van der Waals surface area contributed by atoms with Crippen molar-refractivity contribution in [2.45, 2.75) is 28.1 Å². The maximum atomic E-state index is 14.0. The molecule has 2 atom stereocenters. The second-order valence-electron chi connectivity index (χ2n) is 11.9. The zero-order valence-corrected chi connectivity index (χ0v) is 28.1. The molecule has 0 spiro atoms. The van der Waals surface area contributed by atoms with E-state index in [9.17, 15) is 43.5 Å². The van der Waals surface area contributed by atoms with Gasteiger partial charge in [0.15, 0.2) is 10.0 Å². The van der Waals surface area contributed by atoms with Gasteiger partial charge in [-0.15, -0.1) is 0 Å². The van der Waals surface area contributed by atoms with Gasteiger partial charge in [0.05, 0.1) is 38.2 Å². The Morgan fingerprint density at radius 1 is 0.558 bits per heavy atom. The van der Waals surface area contributed by atoms with E-state index in [4.69, 9.17) is 0 Å². The van der Waals surface area contributed by atoms with Crippen LogP contribution in [-0.2, 0) is 32.4 Å². The fraction of sp³-hybridized carbons (Fsp3) is 0.0789. The lowest BCUT2D eigenvalue weighted by Gasteiger charge is -2.34. The van der Waals surface area contributed by atoms with E-state index in [-0.39, 0.29) is 37.9 Å². The molecule has 0 saturated heterocycles. The summed E-state index contributed by atoms with van der Waals surface area (Å²) in [6, 6.07) is 29.8. The molecule has 0 fully saturated rings. The molecule has 264 valence electrons. The zero-order valence-electron chi connectivity index (χ0n) is 26.4. The summed E-state index contributed by atoms with van der Waals surface area (Å²) < 4.78 is 143. The molecule has 6 aromatic carbocycles. The highest BCUT2D eigenvalue weighted by atomic mass is 32.2. The summed E-state index contributed by atoms with van der Waals surface area (Å²) in [6.07, 6.45) is -9.42. The molecule has 0 amide bonds. The lowest BCUT2D eigenvalue weighted by molar-refractivity contribution is -0.138. The quantitative estimate of drug-likeness (QED) is 0.171. The van der Waals surface area contributed by atoms with Crippen molar-refractivity contribution in [2.75, 3.05) is 0 Å². The van der Waals surface area contributed by atoms with E-state index in [0.29, 0.717) is 10.8 Å². The van der Waals surface area contributed by atoms with Crippen LogP contribution in [-0.4, -0.2) is 22.9 Å². The molecule has 0 bridgehead atoms. The van der Waals surface area contributed by atoms with Gasteiger partial charge >= 0.3 is 12.4 Å². The molecule has 1 N–H and O–H groups in total. The topological polar surface area (TPSA) is 96.2 Å². The Morgan fingerprint density at radius 2 is 1.02 bits per heavy atom. The molecule has 0 aliphatic heterocycles. The van der Waals surface area contributed by atoms with Crippen LogP contribution in [0.1, 0.15) is 28.2 Å². The molecule has 6 aromatic rings. The van der Waals surface area contributed by atoms with Crippen LogP contribution in [0.2, 0.25) is 0 Å². The van der Waals surface area contributed by atoms with Gasteiger partial charge in [0.2, 0.25) is 0 Å². The van der Waals surface area contributed by atoms with E-state index in [1.165, 1.54) is 24.3 Å². The highest BCUT2D eigenvalue weighted by Crippen LogP contribution is 2.48. The Morgan fingerprint density at radius 3 is 1.54 bits per heavy atom. The van der Waals surface area contributed by atoms with E-state index in [1.807, 2.05) is 0 Å². The average Bonchev–Trinajstić information content (AvgIpc) is 3.10. The Bertz CT molecular complexity index is 2680. The molecule has 2 unspecified atom stereocenters. The number of alkyl halides is 6. The van der Waals surface area contributed by atoms with Gasteiger partial charge in [-0.25, -0.2) is 4.21 Å². The summed E-state index contributed by atoms with van der Waals surface area (Å²) in [5, 5.41) is 2.66. The zero-order chi connectivity index (χ0) is 37.1. The molecule has 0 aromatic heterocycles. The summed E-state index contributed by atoms with van der Waals surface area (Å²) in [6.45, 7) is 0. The summed E-state index contributed by atoms with van der Waals surface area (Å²) in [5.74, 6) is -1.37. The van der Waals surface area contributed by atoms with E-state index in [2.05, 4.69) is 8.76 Å². The monoisotopic (exact) mass is 750 g/mol. The molecule has 7 rings (SSSR count). The third-order valence-electron chi connectivity index (χ3n) is 8.62. The Kier molecular flexibility index (Phi) is 8.59. The molecule has 0 saturated carbocycles. The van der Waals surface area contributed by atoms with Crippen molar-refractivity contribution in [3.05, 3.63) is 161 Å². The van der Waals surface area contributed by atoms with Crippen molar-refractivity contribution in [3.8, 4) is 0 Å². The van der Waals surface area contributed by atoms with E-state index >= 15 is 0 Å². The fourth-order valence-corrected chi connectivity index (χ4v) is 8.17. The van der Waals surface area contributed by atoms with Gasteiger partial charge in [-0.3, -0.25) is 4.55 Å². The largest absolute Gasteiger partial charge is 0.416 e. The highest BCUT2D eigenvalue weighted by Gasteiger charge is 2.43. The van der Waals surface area contributed by atoms with Crippen molar-refractivity contribution in [3.63, 3.8) is 0 Å². The Balaban J connectivity index is 1.48. The summed E-state index contributed by atoms with van der Waals surface area (Å²) in [4.78, 5) is -0.366. The van der Waals surface area contributed by atoms with Crippen LogP contribution in [0.25, 0.3) is 27.1 Å². The number of halogens is 6. The predicted octanol–water partition coefficient (Wildman–Crippen LogP) is 10.4. The van der Waals surface area contributed by atoms with Gasteiger partial charge in [-0.1, -0.05) is 84.9 Å². The first-order valence-electron chi connectivity index (χ1n) is 15.4. The molecule has 0 radical (unpaired) electrons. The maximum Gasteiger partial charge on any atom is 0.416 e. The molecule has 0 heterocycles. The minimum Gasteiger partial charge on any atom is -0.296 e. The standard InChI is InChI=1S/C38H24F6N2O4S2/c39-37(40,41)29-15-9-25(10-16-29)33-35(45-51(47,48)31-19-13-23-5-1-3-7-27(23)21-31)34(26-11-17-30(18-12-26)38(42,43)44)36(33)46-52(49,50)32-20-14-24-6-2-4-8-28(24)22-32/h1-22,33H,(H,45,47,48)/b46-36+. The highest BCUT2D eigenvalue weighted by molar-refractivity contribution is 7.90. The number of hydrogen-bond donors (Lipinski definition) is 1. The van der Waals surface area contributed by atoms with Crippen LogP contribution in [0.3, 0.4) is 0 Å². The third-order valence-corrected chi connectivity index (χ3v) is 11.2. The minimum absolute atomic E-state index is 0.0175. The van der Waals surface area contributed by atoms with Gasteiger partial charge in [0.1, 0.15) is 0 Å². The number of benzene rings is 6. The van der Waals surface area contributed by atoms with Gasteiger partial charge in [0, 0.05) is 5.57 Å². The maximum absolute atomic E-state index is 14.0. The van der Waals surface area contributed by atoms with Crippen molar-refractivity contribution in [1.29, 1.82) is 0 Å². The number of hydrogen-bond acceptors (Lipinski definition) is 4. The molecular weight excluding hydrogens is 727 g/mol. The Labute approximate surface area is 293 Å². The first-order valence-corrected chi connectivity index (χ1v) is 18.3. The second kappa shape index (κ2) is 12.7. The van der Waals surface area contributed by atoms with Gasteiger partial charge in [-0.05, 0) is 81.2 Å². The number of allylic oxidation sites excluding steroid dienone is 2. The Hall–Kier alpha value is -5.31. The first kappa shape index (κ1) is 35.1. The molecule has 1 aliphatic rings. The smallest absolute Gasteiger partial charge is 0.296 e. The third kappa shape index (κ3) is 6.72. The second-order valence-corrected chi connectivity index (χ2v) is 15.2. The average molecular weight is 751 g/mol. The van der Waals surface area contributed by atoms with Crippen LogP contribution < -0.4 is 0 Å². The van der Waals surface area contributed by atoms with Crippen LogP contribution in [0.15, 0.2) is 158 Å². The number of fused-ring (bicyclic) bond motifs is 2. The molecule has 6 nitrogen and oxygen atoms in total. The lowest BCUT2D eigenvalue weighted by Crippen LogP contribution is -2.30. The van der Waals surface area contributed by atoms with Crippen LogP contribution in [0, 0.1) is 0 Å². The first-order chi connectivity index (χ1) is 24.5. The lowest BCUT2D eigenvalue weighted by atomic mass is 9.73. The number of rotatable bonds is 6. The molecule has 52 heavy (non-hydrogen) atoms. The SMILES string of the molecule is O=S(=O)(/N=C1/C(c2ccc(C(F)(F)F)cc2)=C(N=S(=O)(O)c2ccc3ccccc3c2)C1c1ccc(C(F)(F)F)cc1)c1ccc2ccccc2c1. The van der Waals surface area contributed by atoms with Gasteiger partial charge in [-0.2, -0.15) is 43.5 Å². The van der Waals surface area contributed by atoms with Crippen LogP contribution in [0.4, 0.5) is 26.3 Å². The summed E-state index contributed by atoms with van der Waals surface area (Å²) >= 11 is 0. The number of nitrogens with zero attached hydrogens (tertiary/aromatic N) is 2. The van der Waals surface area contributed by atoms with Crippen molar-refractivity contribution >= 4 is 52.9 Å².